The van der Waals surface area contributed by atoms with E-state index in [0.29, 0.717) is 6.54 Å². The summed E-state index contributed by atoms with van der Waals surface area (Å²) < 4.78 is 11.4. The number of hydrogen-bond donors (Lipinski definition) is 1. The average Bonchev–Trinajstić information content (AvgIpc) is 2.88. The molecule has 3 aromatic rings. The van der Waals surface area contributed by atoms with Gasteiger partial charge in [0.15, 0.2) is 0 Å². The van der Waals surface area contributed by atoms with E-state index in [1.54, 1.807) is 7.11 Å². The molecule has 1 aliphatic rings. The predicted molar refractivity (Wildman–Crippen MR) is 146 cm³/mol. The molecule has 1 aliphatic heterocycles. The van der Waals surface area contributed by atoms with E-state index in [0.717, 1.165) is 66.8 Å². The topological polar surface area (TPSA) is 45.2 Å². The highest BCUT2D eigenvalue weighted by atomic mass is 35.5. The van der Waals surface area contributed by atoms with Crippen molar-refractivity contribution < 1.29 is 14.6 Å². The zero-order valence-electron chi connectivity index (χ0n) is 20.1. The van der Waals surface area contributed by atoms with E-state index in [1.807, 2.05) is 48.5 Å². The van der Waals surface area contributed by atoms with Crippen LogP contribution in [-0.4, -0.2) is 62.6 Å². The number of rotatable bonds is 10. The third-order valence-corrected chi connectivity index (χ3v) is 6.57. The van der Waals surface area contributed by atoms with Crippen LogP contribution in [0.3, 0.4) is 0 Å². The van der Waals surface area contributed by atoms with Crippen molar-refractivity contribution in [3.05, 3.63) is 88.9 Å². The lowest BCUT2D eigenvalue weighted by Crippen LogP contribution is -2.49. The van der Waals surface area contributed by atoms with Gasteiger partial charge in [0, 0.05) is 32.7 Å². The molecule has 1 heterocycles. The van der Waals surface area contributed by atoms with E-state index in [1.165, 1.54) is 5.56 Å². The Labute approximate surface area is 219 Å². The van der Waals surface area contributed by atoms with Crippen LogP contribution in [0.15, 0.2) is 72.8 Å². The monoisotopic (exact) mass is 516 g/mol. The van der Waals surface area contributed by atoms with Crippen LogP contribution < -0.4 is 14.4 Å². The largest absolute Gasteiger partial charge is 0.497 e. The first-order valence-corrected chi connectivity index (χ1v) is 12.2. The van der Waals surface area contributed by atoms with Crippen LogP contribution >= 0.6 is 24.0 Å². The van der Waals surface area contributed by atoms with Gasteiger partial charge in [-0.15, -0.1) is 12.4 Å². The summed E-state index contributed by atoms with van der Waals surface area (Å²) in [5, 5.41) is 11.4. The first-order chi connectivity index (χ1) is 16.6. The molecular formula is C28H34Cl2N2O3. The summed E-state index contributed by atoms with van der Waals surface area (Å²) in [5.41, 5.74) is 3.45. The lowest BCUT2D eigenvalue weighted by molar-refractivity contribution is 0.0660. The van der Waals surface area contributed by atoms with Gasteiger partial charge in [0.2, 0.25) is 0 Å². The molecule has 0 amide bonds. The number of methoxy groups -OCH3 is 1. The average molecular weight is 517 g/mol. The molecule has 7 heteroatoms. The molecule has 4 rings (SSSR count). The number of nitrogens with zero attached hydrogens (tertiary/aromatic N) is 2. The van der Waals surface area contributed by atoms with Crippen LogP contribution in [0.1, 0.15) is 11.1 Å². The number of β-amino-alcohol motifs (C(OH)–C–C–N with tert-alkyl or cyclic N) is 1. The molecule has 0 aromatic heterocycles. The maximum absolute atomic E-state index is 10.6. The molecule has 1 atom stereocenters. The Hall–Kier alpha value is -2.44. The minimum atomic E-state index is -0.543. The number of benzene rings is 3. The van der Waals surface area contributed by atoms with Gasteiger partial charge < -0.3 is 19.5 Å². The molecule has 0 spiro atoms. The first kappa shape index (κ1) is 27.2. The fraction of sp³-hybridized carbons (Fsp3) is 0.357. The van der Waals surface area contributed by atoms with Crippen LogP contribution in [0.2, 0.25) is 5.02 Å². The molecule has 0 saturated carbocycles. The van der Waals surface area contributed by atoms with Gasteiger partial charge in [-0.05, 0) is 54.3 Å². The number of hydrogen-bond acceptors (Lipinski definition) is 5. The summed E-state index contributed by atoms with van der Waals surface area (Å²) in [4.78, 5) is 4.59. The molecule has 35 heavy (non-hydrogen) atoms. The summed E-state index contributed by atoms with van der Waals surface area (Å²) in [6.07, 6.45) is 1.22. The molecule has 1 saturated heterocycles. The van der Waals surface area contributed by atoms with Crippen molar-refractivity contribution in [2.75, 3.05) is 51.3 Å². The van der Waals surface area contributed by atoms with Crippen molar-refractivity contribution in [1.29, 1.82) is 0 Å². The SMILES string of the molecule is COc1cccc(CCc2ccccc2OCC(O)CN2CCN(c3ccccc3Cl)CC2)c1.Cl. The molecule has 1 unspecified atom stereocenters. The number of aliphatic hydroxyl groups excluding tert-OH is 1. The first-order valence-electron chi connectivity index (χ1n) is 11.9. The third kappa shape index (κ3) is 7.77. The lowest BCUT2D eigenvalue weighted by atomic mass is 10.0. The lowest BCUT2D eigenvalue weighted by Gasteiger charge is -2.37. The quantitative estimate of drug-likeness (QED) is 0.405. The van der Waals surface area contributed by atoms with E-state index in [4.69, 9.17) is 21.1 Å². The molecule has 0 radical (unpaired) electrons. The number of aliphatic hydroxyl groups is 1. The molecule has 0 aliphatic carbocycles. The van der Waals surface area contributed by atoms with Crippen LogP contribution in [0.5, 0.6) is 11.5 Å². The minimum absolute atomic E-state index is 0. The zero-order chi connectivity index (χ0) is 23.8. The highest BCUT2D eigenvalue weighted by Crippen LogP contribution is 2.26. The van der Waals surface area contributed by atoms with Crippen molar-refractivity contribution in [2.45, 2.75) is 18.9 Å². The number of ether oxygens (including phenoxy) is 2. The molecule has 5 nitrogen and oxygen atoms in total. The Bertz CT molecular complexity index is 1060. The van der Waals surface area contributed by atoms with Crippen molar-refractivity contribution in [1.82, 2.24) is 4.90 Å². The van der Waals surface area contributed by atoms with Crippen LogP contribution in [0.4, 0.5) is 5.69 Å². The third-order valence-electron chi connectivity index (χ3n) is 6.26. The second kappa shape index (κ2) is 13.6. The maximum atomic E-state index is 10.6. The summed E-state index contributed by atoms with van der Waals surface area (Å²) in [6.45, 7) is 4.44. The van der Waals surface area contributed by atoms with Gasteiger partial charge in [-0.2, -0.15) is 0 Å². The molecule has 1 N–H and O–H groups in total. The van der Waals surface area contributed by atoms with Crippen molar-refractivity contribution in [3.8, 4) is 11.5 Å². The molecule has 3 aromatic carbocycles. The van der Waals surface area contributed by atoms with Gasteiger partial charge in [-0.1, -0.05) is 54.1 Å². The van der Waals surface area contributed by atoms with E-state index >= 15 is 0 Å². The number of halogens is 2. The van der Waals surface area contributed by atoms with E-state index in [-0.39, 0.29) is 19.0 Å². The van der Waals surface area contributed by atoms with Gasteiger partial charge in [-0.25, -0.2) is 0 Å². The van der Waals surface area contributed by atoms with Gasteiger partial charge in [-0.3, -0.25) is 4.90 Å². The molecule has 1 fully saturated rings. The minimum Gasteiger partial charge on any atom is -0.497 e. The van der Waals surface area contributed by atoms with Gasteiger partial charge in [0.05, 0.1) is 17.8 Å². The number of anilines is 1. The number of para-hydroxylation sites is 2. The van der Waals surface area contributed by atoms with Crippen molar-refractivity contribution >= 4 is 29.7 Å². The van der Waals surface area contributed by atoms with Crippen molar-refractivity contribution in [2.24, 2.45) is 0 Å². The Balaban J connectivity index is 0.00000342. The second-order valence-electron chi connectivity index (χ2n) is 8.66. The van der Waals surface area contributed by atoms with Crippen molar-refractivity contribution in [3.63, 3.8) is 0 Å². The number of aryl methyl sites for hydroxylation is 2. The highest BCUT2D eigenvalue weighted by Gasteiger charge is 2.21. The van der Waals surface area contributed by atoms with Gasteiger partial charge in [0.1, 0.15) is 24.2 Å². The number of piperazine rings is 1. The summed E-state index contributed by atoms with van der Waals surface area (Å²) in [7, 11) is 1.69. The van der Waals surface area contributed by atoms with E-state index in [2.05, 4.69) is 34.1 Å². The molecular weight excluding hydrogens is 483 g/mol. The second-order valence-corrected chi connectivity index (χ2v) is 9.07. The summed E-state index contributed by atoms with van der Waals surface area (Å²) in [5.74, 6) is 1.71. The fourth-order valence-electron chi connectivity index (χ4n) is 4.37. The van der Waals surface area contributed by atoms with Crippen LogP contribution in [-0.2, 0) is 12.8 Å². The predicted octanol–water partition coefficient (Wildman–Crippen LogP) is 5.12. The van der Waals surface area contributed by atoms with Gasteiger partial charge >= 0.3 is 0 Å². The summed E-state index contributed by atoms with van der Waals surface area (Å²) in [6, 6.07) is 24.2. The maximum Gasteiger partial charge on any atom is 0.122 e. The van der Waals surface area contributed by atoms with Gasteiger partial charge in [0.25, 0.3) is 0 Å². The molecule has 0 bridgehead atoms. The standard InChI is InChI=1S/C28H33ClN2O3.ClH/c1-33-25-9-6-7-22(19-25)13-14-23-8-2-5-12-28(23)34-21-24(32)20-30-15-17-31(18-16-30)27-11-4-3-10-26(27)29;/h2-12,19,24,32H,13-18,20-21H2,1H3;1H. The van der Waals surface area contributed by atoms with E-state index < -0.39 is 6.10 Å². The normalized spacial score (nSPS) is 14.8. The highest BCUT2D eigenvalue weighted by molar-refractivity contribution is 6.33. The van der Waals surface area contributed by atoms with Crippen LogP contribution in [0, 0.1) is 0 Å². The Kier molecular flexibility index (Phi) is 10.5. The Morgan fingerprint density at radius 2 is 1.66 bits per heavy atom. The smallest absolute Gasteiger partial charge is 0.122 e. The Morgan fingerprint density at radius 1 is 0.914 bits per heavy atom. The summed E-state index contributed by atoms with van der Waals surface area (Å²) >= 11 is 6.34. The fourth-order valence-corrected chi connectivity index (χ4v) is 4.63. The van der Waals surface area contributed by atoms with E-state index in [9.17, 15) is 5.11 Å². The zero-order valence-corrected chi connectivity index (χ0v) is 21.7. The Morgan fingerprint density at radius 3 is 2.43 bits per heavy atom. The molecule has 188 valence electrons. The van der Waals surface area contributed by atoms with Crippen LogP contribution in [0.25, 0.3) is 0 Å².